The van der Waals surface area contributed by atoms with E-state index in [0.717, 1.165) is 12.8 Å². The highest BCUT2D eigenvalue weighted by atomic mass is 14.1. The van der Waals surface area contributed by atoms with Crippen molar-refractivity contribution in [2.45, 2.75) is 33.6 Å². The van der Waals surface area contributed by atoms with Crippen molar-refractivity contribution in [2.75, 3.05) is 0 Å². The number of hydrogen-bond donors (Lipinski definition) is 0. The van der Waals surface area contributed by atoms with Crippen LogP contribution in [-0.2, 0) is 0 Å². The number of rotatable bonds is 5. The normalized spacial score (nSPS) is 11.9. The Kier molecular flexibility index (Phi) is 5.44. The number of allylic oxidation sites excluding steroid dienone is 4. The highest BCUT2D eigenvalue weighted by Crippen LogP contribution is 2.19. The van der Waals surface area contributed by atoms with Crippen molar-refractivity contribution in [3.8, 4) is 0 Å². The maximum Gasteiger partial charge on any atom is -0.0198 e. The summed E-state index contributed by atoms with van der Waals surface area (Å²) >= 11 is 0. The molecule has 0 saturated carbocycles. The summed E-state index contributed by atoms with van der Waals surface area (Å²) in [4.78, 5) is 0. The van der Waals surface area contributed by atoms with Crippen LogP contribution in [0.1, 0.15) is 33.6 Å². The molecule has 12 heavy (non-hydrogen) atoms. The molecular weight excluding hydrogens is 144 g/mol. The van der Waals surface area contributed by atoms with Crippen molar-refractivity contribution in [2.24, 2.45) is 5.92 Å². The van der Waals surface area contributed by atoms with Gasteiger partial charge in [0.2, 0.25) is 0 Å². The molecule has 0 radical (unpaired) electrons. The van der Waals surface area contributed by atoms with Crippen LogP contribution >= 0.6 is 0 Å². The minimum absolute atomic E-state index is 0.605. The molecular formula is C12H20. The van der Waals surface area contributed by atoms with Gasteiger partial charge in [0.15, 0.2) is 0 Å². The molecule has 0 heterocycles. The molecule has 0 rings (SSSR count). The first-order valence-corrected chi connectivity index (χ1v) is 4.57. The Morgan fingerprint density at radius 3 is 2.17 bits per heavy atom. The summed E-state index contributed by atoms with van der Waals surface area (Å²) in [5, 5.41) is 0. The highest BCUT2D eigenvalue weighted by molar-refractivity contribution is 5.22. The predicted molar refractivity (Wildman–Crippen MR) is 57.2 cm³/mol. The molecule has 0 saturated heterocycles. The van der Waals surface area contributed by atoms with Gasteiger partial charge in [0.1, 0.15) is 0 Å². The molecule has 0 aliphatic rings. The van der Waals surface area contributed by atoms with E-state index in [2.05, 4.69) is 33.9 Å². The first kappa shape index (κ1) is 11.2. The fourth-order valence-electron chi connectivity index (χ4n) is 1.17. The zero-order valence-corrected chi connectivity index (χ0v) is 8.56. The van der Waals surface area contributed by atoms with Gasteiger partial charge < -0.3 is 0 Å². The zero-order chi connectivity index (χ0) is 9.56. The summed E-state index contributed by atoms with van der Waals surface area (Å²) in [7, 11) is 0. The maximum absolute atomic E-state index is 3.82. The van der Waals surface area contributed by atoms with E-state index >= 15 is 0 Å². The Hall–Kier alpha value is -0.780. The van der Waals surface area contributed by atoms with Crippen LogP contribution in [0.25, 0.3) is 0 Å². The molecule has 0 aromatic heterocycles. The fraction of sp³-hybridized carbons (Fsp3) is 0.500. The van der Waals surface area contributed by atoms with E-state index in [1.807, 2.05) is 12.2 Å². The van der Waals surface area contributed by atoms with E-state index in [-0.39, 0.29) is 0 Å². The van der Waals surface area contributed by atoms with E-state index in [0.29, 0.717) is 5.92 Å². The summed E-state index contributed by atoms with van der Waals surface area (Å²) in [6.07, 6.45) is 6.24. The molecule has 0 aromatic rings. The topological polar surface area (TPSA) is 0 Å². The minimum Gasteiger partial charge on any atom is -0.103 e. The van der Waals surface area contributed by atoms with Gasteiger partial charge in [-0.05, 0) is 38.2 Å². The van der Waals surface area contributed by atoms with Gasteiger partial charge in [0.05, 0.1) is 0 Å². The summed E-state index contributed by atoms with van der Waals surface area (Å²) in [5.74, 6) is 0.605. The average Bonchev–Trinajstić information content (AvgIpc) is 2.06. The van der Waals surface area contributed by atoms with Gasteiger partial charge in [-0.15, -0.1) is 6.58 Å². The van der Waals surface area contributed by atoms with Crippen molar-refractivity contribution in [3.05, 3.63) is 36.5 Å². The lowest BCUT2D eigenvalue weighted by molar-refractivity contribution is 0.625. The Bertz CT molecular complexity index is 180. The van der Waals surface area contributed by atoms with Crippen molar-refractivity contribution in [1.82, 2.24) is 0 Å². The molecule has 0 nitrogen and oxygen atoms in total. The maximum atomic E-state index is 3.82. The van der Waals surface area contributed by atoms with Crippen LogP contribution in [0, 0.1) is 5.92 Å². The average molecular weight is 164 g/mol. The summed E-state index contributed by atoms with van der Waals surface area (Å²) in [6.45, 7) is 14.1. The van der Waals surface area contributed by atoms with Crippen LogP contribution in [0.5, 0.6) is 0 Å². The molecule has 1 atom stereocenters. The molecule has 0 N–H and O–H groups in total. The van der Waals surface area contributed by atoms with Gasteiger partial charge in [0.25, 0.3) is 0 Å². The van der Waals surface area contributed by atoms with Crippen molar-refractivity contribution < 1.29 is 0 Å². The molecule has 0 spiro atoms. The predicted octanol–water partition coefficient (Wildman–Crippen LogP) is 4.11. The summed E-state index contributed by atoms with van der Waals surface area (Å²) in [5.41, 5.74) is 2.73. The van der Waals surface area contributed by atoms with Gasteiger partial charge >= 0.3 is 0 Å². The van der Waals surface area contributed by atoms with Crippen molar-refractivity contribution in [3.63, 3.8) is 0 Å². The van der Waals surface area contributed by atoms with Gasteiger partial charge in [-0.25, -0.2) is 0 Å². The molecule has 68 valence electrons. The van der Waals surface area contributed by atoms with Gasteiger partial charge in [0, 0.05) is 0 Å². The molecule has 0 heteroatoms. The Balaban J connectivity index is 4.29. The Morgan fingerprint density at radius 2 is 1.92 bits per heavy atom. The number of hydrogen-bond acceptors (Lipinski definition) is 0. The van der Waals surface area contributed by atoms with Crippen LogP contribution in [-0.4, -0.2) is 0 Å². The van der Waals surface area contributed by atoms with E-state index in [1.165, 1.54) is 11.1 Å². The second-order valence-electron chi connectivity index (χ2n) is 3.34. The quantitative estimate of drug-likeness (QED) is 0.423. The van der Waals surface area contributed by atoms with Gasteiger partial charge in [-0.2, -0.15) is 0 Å². The van der Waals surface area contributed by atoms with E-state index in [9.17, 15) is 0 Å². The molecule has 0 bridgehead atoms. The zero-order valence-electron chi connectivity index (χ0n) is 8.56. The lowest BCUT2D eigenvalue weighted by Gasteiger charge is -2.11. The standard InChI is InChI=1S/C12H20/c1-6-11(7-2)9-12(8-3)10(4)5/h6,8,11H,1,3,7,9H2,2,4-5H3. The summed E-state index contributed by atoms with van der Waals surface area (Å²) in [6, 6.07) is 0. The third-order valence-electron chi connectivity index (χ3n) is 2.23. The first-order chi connectivity index (χ1) is 5.65. The molecule has 0 aromatic carbocycles. The molecule has 0 amide bonds. The highest BCUT2D eigenvalue weighted by Gasteiger charge is 2.03. The smallest absolute Gasteiger partial charge is 0.0198 e. The molecule has 0 fully saturated rings. The summed E-state index contributed by atoms with van der Waals surface area (Å²) < 4.78 is 0. The first-order valence-electron chi connectivity index (χ1n) is 4.57. The van der Waals surface area contributed by atoms with Crippen LogP contribution in [0.15, 0.2) is 36.5 Å². The molecule has 0 aliphatic carbocycles. The fourth-order valence-corrected chi connectivity index (χ4v) is 1.17. The lowest BCUT2D eigenvalue weighted by Crippen LogP contribution is -1.96. The second kappa shape index (κ2) is 5.82. The lowest BCUT2D eigenvalue weighted by atomic mass is 9.95. The van der Waals surface area contributed by atoms with E-state index < -0.39 is 0 Å². The SMILES string of the molecule is C=CC(CC(C=C)CC)=C(C)C. The van der Waals surface area contributed by atoms with E-state index in [4.69, 9.17) is 0 Å². The third kappa shape index (κ3) is 3.56. The van der Waals surface area contributed by atoms with Crippen LogP contribution in [0.3, 0.4) is 0 Å². The van der Waals surface area contributed by atoms with Crippen molar-refractivity contribution >= 4 is 0 Å². The second-order valence-corrected chi connectivity index (χ2v) is 3.34. The monoisotopic (exact) mass is 164 g/mol. The molecule has 0 aliphatic heterocycles. The van der Waals surface area contributed by atoms with Gasteiger partial charge in [-0.3, -0.25) is 0 Å². The Morgan fingerprint density at radius 1 is 1.33 bits per heavy atom. The molecule has 1 unspecified atom stereocenters. The van der Waals surface area contributed by atoms with E-state index in [1.54, 1.807) is 0 Å². The van der Waals surface area contributed by atoms with Crippen LogP contribution < -0.4 is 0 Å². The minimum atomic E-state index is 0.605. The van der Waals surface area contributed by atoms with Crippen molar-refractivity contribution in [1.29, 1.82) is 0 Å². The third-order valence-corrected chi connectivity index (χ3v) is 2.23. The Labute approximate surface area is 76.7 Å². The largest absolute Gasteiger partial charge is 0.103 e. The van der Waals surface area contributed by atoms with Crippen LogP contribution in [0.2, 0.25) is 0 Å². The van der Waals surface area contributed by atoms with Crippen LogP contribution in [0.4, 0.5) is 0 Å². The van der Waals surface area contributed by atoms with Gasteiger partial charge in [-0.1, -0.05) is 31.2 Å².